The summed E-state index contributed by atoms with van der Waals surface area (Å²) in [6.45, 7) is 7.65. The molecule has 0 aliphatic rings. The van der Waals surface area contributed by atoms with Crippen LogP contribution < -0.4 is 5.32 Å². The van der Waals surface area contributed by atoms with Crippen molar-refractivity contribution in [1.82, 2.24) is 5.32 Å². The normalized spacial score (nSPS) is 14.3. The van der Waals surface area contributed by atoms with Crippen molar-refractivity contribution in [3.63, 3.8) is 0 Å². The van der Waals surface area contributed by atoms with Crippen LogP contribution in [0.2, 0.25) is 0 Å². The molecule has 0 saturated heterocycles. The maximum absolute atomic E-state index is 13.7. The molecule has 0 amide bonds. The zero-order valence-electron chi connectivity index (χ0n) is 12.1. The number of furan rings is 1. The molecule has 2 aromatic rings. The lowest BCUT2D eigenvalue weighted by molar-refractivity contribution is 0.456. The van der Waals surface area contributed by atoms with Crippen LogP contribution in [-0.4, -0.2) is 0 Å². The first-order valence-electron chi connectivity index (χ1n) is 6.66. The number of benzene rings is 1. The third-order valence-electron chi connectivity index (χ3n) is 3.47. The summed E-state index contributed by atoms with van der Waals surface area (Å²) in [4.78, 5) is 0. The summed E-state index contributed by atoms with van der Waals surface area (Å²) < 4.78 is 32.2. The van der Waals surface area contributed by atoms with Crippen molar-refractivity contribution in [3.8, 4) is 0 Å². The van der Waals surface area contributed by atoms with E-state index in [2.05, 4.69) is 5.32 Å². The molecule has 0 radical (unpaired) electrons. The van der Waals surface area contributed by atoms with Crippen LogP contribution in [0.3, 0.4) is 0 Å². The smallest absolute Gasteiger partial charge is 0.130 e. The fourth-order valence-corrected chi connectivity index (χ4v) is 2.49. The molecule has 2 unspecified atom stereocenters. The van der Waals surface area contributed by atoms with Gasteiger partial charge in [-0.25, -0.2) is 8.78 Å². The van der Waals surface area contributed by atoms with Gasteiger partial charge >= 0.3 is 0 Å². The average molecular weight is 279 g/mol. The summed E-state index contributed by atoms with van der Waals surface area (Å²) in [6, 6.07) is 5.43. The molecule has 0 aliphatic heterocycles. The molecular weight excluding hydrogens is 260 g/mol. The monoisotopic (exact) mass is 279 g/mol. The van der Waals surface area contributed by atoms with Gasteiger partial charge in [-0.05, 0) is 39.8 Å². The molecule has 2 nitrogen and oxygen atoms in total. The van der Waals surface area contributed by atoms with Gasteiger partial charge < -0.3 is 9.73 Å². The number of halogens is 2. The maximum atomic E-state index is 13.7. The minimum absolute atomic E-state index is 0.0203. The van der Waals surface area contributed by atoms with E-state index in [9.17, 15) is 8.78 Å². The lowest BCUT2D eigenvalue weighted by Crippen LogP contribution is -2.23. The highest BCUT2D eigenvalue weighted by Crippen LogP contribution is 2.25. The van der Waals surface area contributed by atoms with E-state index in [1.165, 1.54) is 12.1 Å². The highest BCUT2D eigenvalue weighted by atomic mass is 19.1. The Morgan fingerprint density at radius 1 is 1.00 bits per heavy atom. The van der Waals surface area contributed by atoms with Crippen molar-refractivity contribution in [1.29, 1.82) is 0 Å². The second-order valence-corrected chi connectivity index (χ2v) is 5.14. The Bertz CT molecular complexity index is 607. The molecule has 0 saturated carbocycles. The van der Waals surface area contributed by atoms with E-state index in [0.717, 1.165) is 23.2 Å². The number of aryl methyl sites for hydroxylation is 2. The van der Waals surface area contributed by atoms with E-state index in [1.54, 1.807) is 0 Å². The summed E-state index contributed by atoms with van der Waals surface area (Å²) >= 11 is 0. The van der Waals surface area contributed by atoms with Crippen molar-refractivity contribution >= 4 is 0 Å². The second kappa shape index (κ2) is 5.75. The Balaban J connectivity index is 2.14. The Hall–Kier alpha value is -1.68. The van der Waals surface area contributed by atoms with Crippen molar-refractivity contribution in [2.75, 3.05) is 0 Å². The number of nitrogens with one attached hydrogen (secondary N) is 1. The van der Waals surface area contributed by atoms with Gasteiger partial charge in [0.25, 0.3) is 0 Å². The first-order valence-corrected chi connectivity index (χ1v) is 6.66. The van der Waals surface area contributed by atoms with Gasteiger partial charge in [-0.15, -0.1) is 0 Å². The van der Waals surface area contributed by atoms with E-state index in [0.29, 0.717) is 5.56 Å². The van der Waals surface area contributed by atoms with Crippen LogP contribution in [0, 0.1) is 25.5 Å². The number of hydrogen-bond donors (Lipinski definition) is 1. The Labute approximate surface area is 117 Å². The largest absolute Gasteiger partial charge is 0.466 e. The minimum atomic E-state index is -0.562. The third kappa shape index (κ3) is 3.07. The standard InChI is InChI=1S/C16H19F2NO/c1-9-7-15(12(4)20-9)11(3)19-10(2)14-6-5-13(17)8-16(14)18/h5-8,10-11,19H,1-4H3. The van der Waals surface area contributed by atoms with Crippen LogP contribution in [0.25, 0.3) is 0 Å². The lowest BCUT2D eigenvalue weighted by Gasteiger charge is -2.20. The van der Waals surface area contributed by atoms with Gasteiger partial charge in [0, 0.05) is 29.3 Å². The van der Waals surface area contributed by atoms with E-state index in [1.807, 2.05) is 33.8 Å². The first-order chi connectivity index (χ1) is 9.38. The second-order valence-electron chi connectivity index (χ2n) is 5.14. The highest BCUT2D eigenvalue weighted by Gasteiger charge is 2.17. The molecule has 1 aromatic heterocycles. The molecule has 0 bridgehead atoms. The molecular formula is C16H19F2NO. The molecule has 1 aromatic carbocycles. The fourth-order valence-electron chi connectivity index (χ4n) is 2.49. The van der Waals surface area contributed by atoms with Crippen LogP contribution in [0.5, 0.6) is 0 Å². The molecule has 0 spiro atoms. The van der Waals surface area contributed by atoms with Gasteiger partial charge in [-0.3, -0.25) is 0 Å². The SMILES string of the molecule is Cc1cc(C(C)NC(C)c2ccc(F)cc2F)c(C)o1. The van der Waals surface area contributed by atoms with E-state index in [4.69, 9.17) is 4.42 Å². The topological polar surface area (TPSA) is 25.2 Å². The average Bonchev–Trinajstić information content (AvgIpc) is 2.68. The van der Waals surface area contributed by atoms with E-state index in [-0.39, 0.29) is 12.1 Å². The van der Waals surface area contributed by atoms with Crippen molar-refractivity contribution in [3.05, 3.63) is 58.5 Å². The van der Waals surface area contributed by atoms with Crippen LogP contribution in [-0.2, 0) is 0 Å². The van der Waals surface area contributed by atoms with Crippen molar-refractivity contribution in [2.24, 2.45) is 0 Å². The number of rotatable bonds is 4. The van der Waals surface area contributed by atoms with Crippen LogP contribution in [0.15, 0.2) is 28.7 Å². The summed E-state index contributed by atoms with van der Waals surface area (Å²) in [5, 5.41) is 3.30. The predicted molar refractivity (Wildman–Crippen MR) is 74.5 cm³/mol. The zero-order valence-corrected chi connectivity index (χ0v) is 12.1. The predicted octanol–water partition coefficient (Wildman–Crippen LogP) is 4.59. The van der Waals surface area contributed by atoms with E-state index < -0.39 is 11.6 Å². The number of hydrogen-bond acceptors (Lipinski definition) is 2. The first kappa shape index (κ1) is 14.7. The minimum Gasteiger partial charge on any atom is -0.466 e. The Morgan fingerprint density at radius 3 is 2.20 bits per heavy atom. The molecule has 1 N–H and O–H groups in total. The van der Waals surface area contributed by atoms with Crippen LogP contribution in [0.4, 0.5) is 8.78 Å². The quantitative estimate of drug-likeness (QED) is 0.885. The van der Waals surface area contributed by atoms with Crippen molar-refractivity contribution < 1.29 is 13.2 Å². The van der Waals surface area contributed by atoms with E-state index >= 15 is 0 Å². The molecule has 2 rings (SSSR count). The Kier molecular flexibility index (Phi) is 4.23. The lowest BCUT2D eigenvalue weighted by atomic mass is 10.0. The molecule has 1 heterocycles. The van der Waals surface area contributed by atoms with Crippen molar-refractivity contribution in [2.45, 2.75) is 39.8 Å². The third-order valence-corrected chi connectivity index (χ3v) is 3.47. The van der Waals surface area contributed by atoms with Crippen LogP contribution >= 0.6 is 0 Å². The van der Waals surface area contributed by atoms with Gasteiger partial charge in [0.2, 0.25) is 0 Å². The molecule has 0 fully saturated rings. The van der Waals surface area contributed by atoms with Gasteiger partial charge in [0.05, 0.1) is 0 Å². The van der Waals surface area contributed by atoms with Gasteiger partial charge in [-0.2, -0.15) is 0 Å². The molecule has 108 valence electrons. The summed E-state index contributed by atoms with van der Waals surface area (Å²) in [5.41, 5.74) is 1.51. The Morgan fingerprint density at radius 2 is 1.65 bits per heavy atom. The molecule has 0 aliphatic carbocycles. The zero-order chi connectivity index (χ0) is 14.9. The fraction of sp³-hybridized carbons (Fsp3) is 0.375. The summed E-state index contributed by atoms with van der Waals surface area (Å²) in [5.74, 6) is 0.617. The molecule has 20 heavy (non-hydrogen) atoms. The van der Waals surface area contributed by atoms with Gasteiger partial charge in [-0.1, -0.05) is 6.07 Å². The summed E-state index contributed by atoms with van der Waals surface area (Å²) in [6.07, 6.45) is 0. The molecule has 4 heteroatoms. The maximum Gasteiger partial charge on any atom is 0.130 e. The van der Waals surface area contributed by atoms with Gasteiger partial charge in [0.15, 0.2) is 0 Å². The molecule has 2 atom stereocenters. The van der Waals surface area contributed by atoms with Gasteiger partial charge in [0.1, 0.15) is 23.2 Å². The summed E-state index contributed by atoms with van der Waals surface area (Å²) in [7, 11) is 0. The van der Waals surface area contributed by atoms with Crippen LogP contribution in [0.1, 0.15) is 48.6 Å². The highest BCUT2D eigenvalue weighted by molar-refractivity contribution is 5.26.